The number of aromatic nitrogens is 2. The van der Waals surface area contributed by atoms with Gasteiger partial charge < -0.3 is 20.1 Å². The Hall–Kier alpha value is -1.56. The van der Waals surface area contributed by atoms with Crippen LogP contribution in [-0.2, 0) is 4.74 Å². The van der Waals surface area contributed by atoms with Crippen LogP contribution in [0.15, 0.2) is 6.07 Å². The Morgan fingerprint density at radius 3 is 2.75 bits per heavy atom. The number of nitrogen functional groups attached to an aromatic ring is 1. The molecule has 0 radical (unpaired) electrons. The third-order valence-corrected chi connectivity index (χ3v) is 2.15. The van der Waals surface area contributed by atoms with E-state index in [2.05, 4.69) is 9.97 Å². The number of nitrogens with two attached hydrogens (primary N) is 1. The number of rotatable bonds is 6. The van der Waals surface area contributed by atoms with Crippen molar-refractivity contribution in [1.29, 1.82) is 0 Å². The fourth-order valence-electron chi connectivity index (χ4n) is 1.29. The van der Waals surface area contributed by atoms with Crippen molar-refractivity contribution in [3.05, 3.63) is 6.07 Å². The number of nitrogens with zero attached hydrogens (tertiary/aromatic N) is 3. The monoisotopic (exact) mass is 226 g/mol. The summed E-state index contributed by atoms with van der Waals surface area (Å²) in [5.41, 5.74) is 5.57. The molecule has 0 aliphatic heterocycles. The van der Waals surface area contributed by atoms with Crippen molar-refractivity contribution in [2.75, 3.05) is 45.1 Å². The lowest BCUT2D eigenvalue weighted by atomic mass is 10.4. The van der Waals surface area contributed by atoms with Crippen LogP contribution in [0.3, 0.4) is 0 Å². The molecule has 0 aliphatic rings. The van der Waals surface area contributed by atoms with Crippen LogP contribution in [0.5, 0.6) is 5.88 Å². The minimum Gasteiger partial charge on any atom is -0.481 e. The summed E-state index contributed by atoms with van der Waals surface area (Å²) in [7, 11) is 5.18. The molecule has 1 aromatic heterocycles. The number of hydrogen-bond donors (Lipinski definition) is 1. The number of ether oxygens (including phenoxy) is 2. The van der Waals surface area contributed by atoms with Crippen molar-refractivity contribution in [3.63, 3.8) is 0 Å². The quantitative estimate of drug-likeness (QED) is 0.714. The molecule has 0 spiro atoms. The molecule has 16 heavy (non-hydrogen) atoms. The van der Waals surface area contributed by atoms with Crippen LogP contribution >= 0.6 is 0 Å². The molecule has 0 atom stereocenters. The van der Waals surface area contributed by atoms with Crippen molar-refractivity contribution in [3.8, 4) is 5.88 Å². The molecule has 1 rings (SSSR count). The Morgan fingerprint density at radius 1 is 1.38 bits per heavy atom. The standard InChI is InChI=1S/C10H18N4O2/c1-14(5-4-6-15-2)8-7-9(16-3)13-10(11)12-8/h7H,4-6H2,1-3H3,(H2,11,12,13). The van der Waals surface area contributed by atoms with Crippen molar-refractivity contribution in [2.45, 2.75) is 6.42 Å². The smallest absolute Gasteiger partial charge is 0.225 e. The van der Waals surface area contributed by atoms with Gasteiger partial charge in [-0.15, -0.1) is 0 Å². The van der Waals surface area contributed by atoms with Gasteiger partial charge in [0.25, 0.3) is 0 Å². The van der Waals surface area contributed by atoms with Gasteiger partial charge in [-0.05, 0) is 6.42 Å². The Balaban J connectivity index is 2.66. The molecule has 6 heteroatoms. The molecular weight excluding hydrogens is 208 g/mol. The van der Waals surface area contributed by atoms with E-state index in [9.17, 15) is 0 Å². The van der Waals surface area contributed by atoms with E-state index in [1.54, 1.807) is 20.3 Å². The van der Waals surface area contributed by atoms with Crippen LogP contribution in [0.1, 0.15) is 6.42 Å². The highest BCUT2D eigenvalue weighted by molar-refractivity contribution is 5.44. The van der Waals surface area contributed by atoms with E-state index >= 15 is 0 Å². The topological polar surface area (TPSA) is 73.5 Å². The molecule has 0 aliphatic carbocycles. The van der Waals surface area contributed by atoms with E-state index in [4.69, 9.17) is 15.2 Å². The Morgan fingerprint density at radius 2 is 2.12 bits per heavy atom. The van der Waals surface area contributed by atoms with Gasteiger partial charge in [0.05, 0.1) is 7.11 Å². The van der Waals surface area contributed by atoms with Crippen LogP contribution in [0.25, 0.3) is 0 Å². The summed E-state index contributed by atoms with van der Waals surface area (Å²) in [4.78, 5) is 10.0. The van der Waals surface area contributed by atoms with Gasteiger partial charge in [-0.1, -0.05) is 0 Å². The number of anilines is 2. The highest BCUT2D eigenvalue weighted by atomic mass is 16.5. The lowest BCUT2D eigenvalue weighted by Gasteiger charge is -2.18. The molecule has 0 saturated carbocycles. The molecule has 0 saturated heterocycles. The minimum atomic E-state index is 0.216. The average Bonchev–Trinajstić information content (AvgIpc) is 2.28. The van der Waals surface area contributed by atoms with Gasteiger partial charge in [-0.3, -0.25) is 0 Å². The SMILES string of the molecule is COCCCN(C)c1cc(OC)nc(N)n1. The molecule has 0 fully saturated rings. The predicted molar refractivity (Wildman–Crippen MR) is 62.8 cm³/mol. The third kappa shape index (κ3) is 3.54. The molecule has 0 unspecified atom stereocenters. The maximum Gasteiger partial charge on any atom is 0.225 e. The summed E-state index contributed by atoms with van der Waals surface area (Å²) in [6, 6.07) is 1.75. The van der Waals surface area contributed by atoms with Gasteiger partial charge in [0, 0.05) is 33.4 Å². The molecule has 6 nitrogen and oxygen atoms in total. The van der Waals surface area contributed by atoms with Crippen LogP contribution in [-0.4, -0.2) is 44.4 Å². The average molecular weight is 226 g/mol. The first-order valence-corrected chi connectivity index (χ1v) is 5.06. The minimum absolute atomic E-state index is 0.216. The highest BCUT2D eigenvalue weighted by Gasteiger charge is 2.06. The van der Waals surface area contributed by atoms with Crippen LogP contribution in [0.4, 0.5) is 11.8 Å². The van der Waals surface area contributed by atoms with Gasteiger partial charge >= 0.3 is 0 Å². The van der Waals surface area contributed by atoms with E-state index in [1.165, 1.54) is 0 Å². The van der Waals surface area contributed by atoms with Gasteiger partial charge in [0.15, 0.2) is 0 Å². The van der Waals surface area contributed by atoms with Gasteiger partial charge in [0.1, 0.15) is 5.82 Å². The summed E-state index contributed by atoms with van der Waals surface area (Å²) in [5.74, 6) is 1.44. The Kier molecular flexibility index (Phi) is 4.78. The van der Waals surface area contributed by atoms with Crippen molar-refractivity contribution in [1.82, 2.24) is 9.97 Å². The number of hydrogen-bond acceptors (Lipinski definition) is 6. The Labute approximate surface area is 95.4 Å². The Bertz CT molecular complexity index is 333. The molecule has 0 amide bonds. The molecular formula is C10H18N4O2. The second kappa shape index (κ2) is 6.12. The van der Waals surface area contributed by atoms with Gasteiger partial charge in [-0.25, -0.2) is 0 Å². The summed E-state index contributed by atoms with van der Waals surface area (Å²) in [5, 5.41) is 0. The van der Waals surface area contributed by atoms with Gasteiger partial charge in [0.2, 0.25) is 11.8 Å². The largest absolute Gasteiger partial charge is 0.481 e. The van der Waals surface area contributed by atoms with E-state index in [0.717, 1.165) is 25.4 Å². The molecule has 0 aromatic carbocycles. The predicted octanol–water partition coefficient (Wildman–Crippen LogP) is 0.540. The van der Waals surface area contributed by atoms with E-state index in [1.807, 2.05) is 11.9 Å². The summed E-state index contributed by atoms with van der Waals surface area (Å²) in [6.45, 7) is 1.56. The van der Waals surface area contributed by atoms with Crippen molar-refractivity contribution < 1.29 is 9.47 Å². The first-order valence-electron chi connectivity index (χ1n) is 5.06. The van der Waals surface area contributed by atoms with Crippen molar-refractivity contribution in [2.24, 2.45) is 0 Å². The summed E-state index contributed by atoms with van der Waals surface area (Å²) < 4.78 is 10.0. The fraction of sp³-hybridized carbons (Fsp3) is 0.600. The highest BCUT2D eigenvalue weighted by Crippen LogP contribution is 2.17. The van der Waals surface area contributed by atoms with E-state index in [-0.39, 0.29) is 5.95 Å². The van der Waals surface area contributed by atoms with Crippen LogP contribution in [0, 0.1) is 0 Å². The lowest BCUT2D eigenvalue weighted by molar-refractivity contribution is 0.196. The zero-order chi connectivity index (χ0) is 12.0. The zero-order valence-electron chi connectivity index (χ0n) is 9.93. The second-order valence-corrected chi connectivity index (χ2v) is 3.39. The second-order valence-electron chi connectivity index (χ2n) is 3.39. The normalized spacial score (nSPS) is 10.2. The zero-order valence-corrected chi connectivity index (χ0v) is 9.93. The molecule has 1 heterocycles. The van der Waals surface area contributed by atoms with Crippen molar-refractivity contribution >= 4 is 11.8 Å². The van der Waals surface area contributed by atoms with E-state index < -0.39 is 0 Å². The van der Waals surface area contributed by atoms with E-state index in [0.29, 0.717) is 5.88 Å². The number of methoxy groups -OCH3 is 2. The molecule has 90 valence electrons. The van der Waals surface area contributed by atoms with Crippen LogP contribution < -0.4 is 15.4 Å². The third-order valence-electron chi connectivity index (χ3n) is 2.15. The van der Waals surface area contributed by atoms with Crippen LogP contribution in [0.2, 0.25) is 0 Å². The maximum atomic E-state index is 5.57. The summed E-state index contributed by atoms with van der Waals surface area (Å²) >= 11 is 0. The first-order chi connectivity index (χ1) is 7.67. The maximum absolute atomic E-state index is 5.57. The van der Waals surface area contributed by atoms with Gasteiger partial charge in [-0.2, -0.15) is 9.97 Å². The fourth-order valence-corrected chi connectivity index (χ4v) is 1.29. The summed E-state index contributed by atoms with van der Waals surface area (Å²) in [6.07, 6.45) is 0.930. The molecule has 2 N–H and O–H groups in total. The molecule has 1 aromatic rings. The lowest BCUT2D eigenvalue weighted by Crippen LogP contribution is -2.21. The first kappa shape index (κ1) is 12.5. The molecule has 0 bridgehead atoms.